The lowest BCUT2D eigenvalue weighted by atomic mass is 9.84. The third kappa shape index (κ3) is 7.65. The van der Waals surface area contributed by atoms with Gasteiger partial charge in [-0.15, -0.1) is 9.36 Å². The summed E-state index contributed by atoms with van der Waals surface area (Å²) in [5, 5.41) is 22.1. The number of hydrogen-bond donors (Lipinski definition) is 1. The van der Waals surface area contributed by atoms with Crippen LogP contribution >= 0.6 is 0 Å². The summed E-state index contributed by atoms with van der Waals surface area (Å²) in [5.74, 6) is 5.44. The fourth-order valence-electron chi connectivity index (χ4n) is 4.10. The summed E-state index contributed by atoms with van der Waals surface area (Å²) >= 11 is 0. The zero-order valence-corrected chi connectivity index (χ0v) is 21.4. The maximum Gasteiger partial charge on any atom is 0.286 e. The molecule has 0 atom stereocenters. The highest BCUT2D eigenvalue weighted by Gasteiger charge is 2.17. The predicted molar refractivity (Wildman–Crippen MR) is 157 cm³/mol. The summed E-state index contributed by atoms with van der Waals surface area (Å²) in [5.41, 5.74) is 6.73. The van der Waals surface area contributed by atoms with E-state index in [0.717, 1.165) is 22.3 Å². The molecule has 41 heavy (non-hydrogen) atoms. The lowest BCUT2D eigenvalue weighted by Crippen LogP contribution is -2.42. The average molecular weight is 536 g/mol. The molecule has 8 nitrogen and oxygen atoms in total. The first-order valence-corrected chi connectivity index (χ1v) is 12.2. The first-order valence-electron chi connectivity index (χ1n) is 12.2. The smallest absolute Gasteiger partial charge is 0.286 e. The lowest BCUT2D eigenvalue weighted by molar-refractivity contribution is -0.639. The van der Waals surface area contributed by atoms with Crippen LogP contribution in [0.25, 0.3) is 9.69 Å². The van der Waals surface area contributed by atoms with E-state index in [9.17, 15) is 0 Å². The van der Waals surface area contributed by atoms with E-state index < -0.39 is 0 Å². The molecule has 2 N–H and O–H groups in total. The first-order chi connectivity index (χ1) is 19.5. The Labute approximate surface area is 240 Å². The van der Waals surface area contributed by atoms with Gasteiger partial charge in [0.25, 0.3) is 6.33 Å². The number of nitrogens with zero attached hydrogens (tertiary/aromatic N) is 7. The van der Waals surface area contributed by atoms with Crippen molar-refractivity contribution >= 4 is 11.4 Å². The van der Waals surface area contributed by atoms with E-state index in [-0.39, 0.29) is 13.3 Å². The minimum atomic E-state index is -0.0275. The Hall–Kier alpha value is -6.22. The van der Waals surface area contributed by atoms with Gasteiger partial charge in [-0.25, -0.2) is 9.69 Å². The van der Waals surface area contributed by atoms with E-state index in [1.165, 1.54) is 11.0 Å². The minimum Gasteiger partial charge on any atom is -0.289 e. The van der Waals surface area contributed by atoms with Gasteiger partial charge in [-0.1, -0.05) is 80.2 Å². The maximum absolute atomic E-state index is 9.01. The number of nitrogens with two attached hydrogens (primary N) is 1. The Morgan fingerprint density at radius 3 is 1.51 bits per heavy atom. The monoisotopic (exact) mass is 535 g/mol. The molecule has 0 aliphatic carbocycles. The second-order valence-electron chi connectivity index (χ2n) is 8.77. The van der Waals surface area contributed by atoms with Gasteiger partial charge >= 0.3 is 0 Å². The van der Waals surface area contributed by atoms with Gasteiger partial charge in [-0.05, 0) is 46.5 Å². The van der Waals surface area contributed by atoms with Crippen LogP contribution in [-0.4, -0.2) is 9.78 Å². The van der Waals surface area contributed by atoms with Crippen LogP contribution in [0.3, 0.4) is 0 Å². The third-order valence-corrected chi connectivity index (χ3v) is 6.11. The third-order valence-electron chi connectivity index (χ3n) is 6.11. The van der Waals surface area contributed by atoms with Gasteiger partial charge in [0.05, 0.1) is 36.4 Å². The molecular weight excluding hydrogens is 508 g/mol. The van der Waals surface area contributed by atoms with Crippen LogP contribution < -0.4 is 10.5 Å². The molecule has 1 aromatic heterocycles. The molecule has 1 heterocycles. The number of nitrogen functional groups attached to an aromatic ring is 1. The van der Waals surface area contributed by atoms with Crippen LogP contribution in [0.5, 0.6) is 0 Å². The van der Waals surface area contributed by atoms with Crippen LogP contribution in [0.1, 0.15) is 46.7 Å². The van der Waals surface area contributed by atoms with Crippen LogP contribution in [-0.2, 0) is 6.54 Å². The maximum atomic E-state index is 9.01. The highest BCUT2D eigenvalue weighted by Crippen LogP contribution is 2.33. The van der Waals surface area contributed by atoms with Crippen molar-refractivity contribution in [3.05, 3.63) is 166 Å². The van der Waals surface area contributed by atoms with Crippen molar-refractivity contribution in [1.82, 2.24) is 9.78 Å². The standard InChI is InChI=1S/C22H13N3.C10H10N5.CH4/c1-25-21-12-10-20(11-13-21)22(18-6-2-16(14-23)3-7-18)19-8-4-17(15-24)5-9-19;1-12-10-4-2-9(3-5-10)6-15-8-14(11)7-13-15;/h2-13,22H;2-5,7-8H,6,11H2;1H4/q;+1;. The molecular formula is C33H27N8+. The largest absolute Gasteiger partial charge is 0.289 e. The van der Waals surface area contributed by atoms with Crippen molar-refractivity contribution < 1.29 is 4.68 Å². The highest BCUT2D eigenvalue weighted by molar-refractivity contribution is 5.51. The zero-order chi connectivity index (χ0) is 28.3. The molecule has 0 aliphatic rings. The number of nitriles is 2. The molecule has 0 radical (unpaired) electrons. The van der Waals surface area contributed by atoms with E-state index >= 15 is 0 Å². The number of rotatable bonds is 5. The van der Waals surface area contributed by atoms with Crippen LogP contribution in [0.4, 0.5) is 11.4 Å². The van der Waals surface area contributed by atoms with E-state index in [2.05, 4.69) is 26.9 Å². The van der Waals surface area contributed by atoms with Gasteiger partial charge in [0.15, 0.2) is 11.4 Å². The Morgan fingerprint density at radius 2 is 1.15 bits per heavy atom. The molecule has 0 fully saturated rings. The molecule has 0 spiro atoms. The molecule has 0 amide bonds. The molecule has 4 aromatic carbocycles. The van der Waals surface area contributed by atoms with E-state index in [1.807, 2.05) is 60.7 Å². The lowest BCUT2D eigenvalue weighted by Gasteiger charge is -2.19. The molecule has 8 heteroatoms. The number of aromatic nitrogens is 3. The summed E-state index contributed by atoms with van der Waals surface area (Å²) in [6, 6.07) is 34.2. The van der Waals surface area contributed by atoms with Crippen LogP contribution in [0.2, 0.25) is 0 Å². The molecule has 198 valence electrons. The van der Waals surface area contributed by atoms with Crippen molar-refractivity contribution in [2.75, 3.05) is 5.84 Å². The molecule has 0 unspecified atom stereocenters. The second-order valence-corrected chi connectivity index (χ2v) is 8.77. The normalized spacial score (nSPS) is 9.59. The summed E-state index contributed by atoms with van der Waals surface area (Å²) in [7, 11) is 0. The van der Waals surface area contributed by atoms with Gasteiger partial charge in [-0.3, -0.25) is 5.84 Å². The van der Waals surface area contributed by atoms with Gasteiger partial charge < -0.3 is 0 Å². The van der Waals surface area contributed by atoms with Gasteiger partial charge in [0.2, 0.25) is 6.33 Å². The van der Waals surface area contributed by atoms with Gasteiger partial charge in [-0.2, -0.15) is 10.5 Å². The van der Waals surface area contributed by atoms with Crippen molar-refractivity contribution in [3.63, 3.8) is 0 Å². The first kappa shape index (κ1) is 29.3. The molecule has 0 bridgehead atoms. The Kier molecular flexibility index (Phi) is 10.1. The van der Waals surface area contributed by atoms with Crippen molar-refractivity contribution in [1.29, 1.82) is 10.5 Å². The fourth-order valence-corrected chi connectivity index (χ4v) is 4.10. The average Bonchev–Trinajstić information content (AvgIpc) is 3.43. The SMILES string of the molecule is C.[C-]#[N+]c1ccc(C(c2ccc(C#N)cc2)c2ccc(C#N)cc2)cc1.[C-]#[N+]c1ccc(Cn2c[n+](N)cn2)cc1. The Balaban J connectivity index is 0.000000248. The van der Waals surface area contributed by atoms with Crippen molar-refractivity contribution in [2.45, 2.75) is 19.9 Å². The fraction of sp³-hybridized carbons (Fsp3) is 0.0909. The van der Waals surface area contributed by atoms with Gasteiger partial charge in [0.1, 0.15) is 6.54 Å². The van der Waals surface area contributed by atoms with Crippen molar-refractivity contribution in [3.8, 4) is 12.1 Å². The summed E-state index contributed by atoms with van der Waals surface area (Å²) in [6.07, 6.45) is 3.23. The Morgan fingerprint density at radius 1 is 0.732 bits per heavy atom. The summed E-state index contributed by atoms with van der Waals surface area (Å²) < 4.78 is 3.13. The summed E-state index contributed by atoms with van der Waals surface area (Å²) in [6.45, 7) is 14.6. The minimum absolute atomic E-state index is 0. The topological polar surface area (TPSA) is 104 Å². The molecule has 5 aromatic rings. The quantitative estimate of drug-likeness (QED) is 0.124. The van der Waals surface area contributed by atoms with E-state index in [0.29, 0.717) is 29.0 Å². The van der Waals surface area contributed by atoms with Crippen LogP contribution in [0, 0.1) is 35.8 Å². The van der Waals surface area contributed by atoms with E-state index in [4.69, 9.17) is 29.5 Å². The molecule has 0 aliphatic heterocycles. The van der Waals surface area contributed by atoms with Crippen molar-refractivity contribution in [2.24, 2.45) is 0 Å². The number of hydrogen-bond acceptors (Lipinski definition) is 4. The van der Waals surface area contributed by atoms with E-state index in [1.54, 1.807) is 47.4 Å². The molecule has 0 saturated carbocycles. The molecule has 5 rings (SSSR count). The zero-order valence-electron chi connectivity index (χ0n) is 21.4. The predicted octanol–water partition coefficient (Wildman–Crippen LogP) is 6.28. The molecule has 0 saturated heterocycles. The number of benzene rings is 4. The highest BCUT2D eigenvalue weighted by atomic mass is 15.4. The second kappa shape index (κ2) is 14.1. The van der Waals surface area contributed by atoms with Crippen LogP contribution in [0.15, 0.2) is 110 Å². The Bertz CT molecular complexity index is 1600. The van der Waals surface area contributed by atoms with Gasteiger partial charge in [0, 0.05) is 11.0 Å². The summed E-state index contributed by atoms with van der Waals surface area (Å²) in [4.78, 5) is 6.77.